The van der Waals surface area contributed by atoms with Crippen LogP contribution in [0.25, 0.3) is 10.9 Å². The summed E-state index contributed by atoms with van der Waals surface area (Å²) in [5.74, 6) is -0.174. The Bertz CT molecular complexity index is 719. The van der Waals surface area contributed by atoms with Crippen LogP contribution in [0.5, 0.6) is 5.75 Å². The third-order valence-electron chi connectivity index (χ3n) is 4.68. The molecule has 0 radical (unpaired) electrons. The molecule has 0 amide bonds. The molecule has 0 bridgehead atoms. The lowest BCUT2D eigenvalue weighted by Crippen LogP contribution is -2.48. The van der Waals surface area contributed by atoms with Gasteiger partial charge in [-0.25, -0.2) is 9.37 Å². The van der Waals surface area contributed by atoms with Crippen molar-refractivity contribution in [1.29, 1.82) is 0 Å². The van der Waals surface area contributed by atoms with Crippen molar-refractivity contribution in [2.45, 2.75) is 51.9 Å². The number of fused-ring (bicyclic) bond motifs is 1. The van der Waals surface area contributed by atoms with Gasteiger partial charge in [0.25, 0.3) is 0 Å². The smallest absolute Gasteiger partial charge is 0.217 e. The number of likely N-dealkylation sites (tertiary alicyclic amines) is 1. The third-order valence-corrected chi connectivity index (χ3v) is 4.68. The van der Waals surface area contributed by atoms with E-state index in [0.717, 1.165) is 25.9 Å². The number of halogens is 2. The minimum Gasteiger partial charge on any atom is -0.489 e. The fraction of sp³-hybridized carbons (Fsp3) is 0.526. The minimum absolute atomic E-state index is 0.0441. The van der Waals surface area contributed by atoms with Crippen LogP contribution in [-0.2, 0) is 6.67 Å². The molecule has 5 heteroatoms. The van der Waals surface area contributed by atoms with E-state index in [1.165, 1.54) is 6.07 Å². The van der Waals surface area contributed by atoms with Crippen LogP contribution in [0, 0.1) is 5.95 Å². The van der Waals surface area contributed by atoms with Gasteiger partial charge in [-0.15, -0.1) is 0 Å². The average molecular weight is 334 g/mol. The monoisotopic (exact) mass is 334 g/mol. The van der Waals surface area contributed by atoms with Crippen LogP contribution in [0.4, 0.5) is 8.78 Å². The highest BCUT2D eigenvalue weighted by Crippen LogP contribution is 2.31. The summed E-state index contributed by atoms with van der Waals surface area (Å²) in [6.45, 7) is 7.86. The fourth-order valence-electron chi connectivity index (χ4n) is 3.28. The number of piperidine rings is 1. The fourth-order valence-corrected chi connectivity index (χ4v) is 3.28. The number of aromatic nitrogens is 1. The Morgan fingerprint density at radius 1 is 1.25 bits per heavy atom. The standard InChI is InChI=1S/C19H24F2N2O/c1-19(2,3)23-9-7-14(8-10-23)24-16-11-17(21)22-18-13(12-20)5-4-6-15(16)18/h4-6,11,14H,7-10,12H2,1-3H3. The quantitative estimate of drug-likeness (QED) is 0.774. The molecule has 1 aliphatic rings. The van der Waals surface area contributed by atoms with E-state index in [1.54, 1.807) is 18.2 Å². The first-order chi connectivity index (χ1) is 11.4. The first kappa shape index (κ1) is 17.1. The number of ether oxygens (including phenoxy) is 1. The van der Waals surface area contributed by atoms with Gasteiger partial charge in [-0.1, -0.05) is 12.1 Å². The molecule has 130 valence electrons. The van der Waals surface area contributed by atoms with Gasteiger partial charge >= 0.3 is 0 Å². The normalized spacial score (nSPS) is 17.4. The zero-order valence-electron chi connectivity index (χ0n) is 14.5. The number of nitrogens with zero attached hydrogens (tertiary/aromatic N) is 2. The summed E-state index contributed by atoms with van der Waals surface area (Å²) in [4.78, 5) is 6.28. The van der Waals surface area contributed by atoms with E-state index in [2.05, 4.69) is 30.7 Å². The van der Waals surface area contributed by atoms with Gasteiger partial charge in [0.05, 0.1) is 5.52 Å². The molecule has 1 fully saturated rings. The zero-order valence-corrected chi connectivity index (χ0v) is 14.5. The predicted molar refractivity (Wildman–Crippen MR) is 91.5 cm³/mol. The molecule has 0 spiro atoms. The highest BCUT2D eigenvalue weighted by molar-refractivity contribution is 5.87. The van der Waals surface area contributed by atoms with Crippen LogP contribution in [0.15, 0.2) is 24.3 Å². The number of para-hydroxylation sites is 1. The average Bonchev–Trinajstić information content (AvgIpc) is 2.54. The van der Waals surface area contributed by atoms with Crippen LogP contribution in [0.1, 0.15) is 39.2 Å². The highest BCUT2D eigenvalue weighted by Gasteiger charge is 2.28. The lowest BCUT2D eigenvalue weighted by Gasteiger charge is -2.40. The Morgan fingerprint density at radius 3 is 2.58 bits per heavy atom. The number of hydrogen-bond donors (Lipinski definition) is 0. The number of pyridine rings is 1. The minimum atomic E-state index is -0.669. The molecule has 0 saturated carbocycles. The second kappa shape index (κ2) is 6.63. The van der Waals surface area contributed by atoms with Crippen molar-refractivity contribution in [2.75, 3.05) is 13.1 Å². The van der Waals surface area contributed by atoms with E-state index in [1.807, 2.05) is 0 Å². The Labute approximate surface area is 141 Å². The van der Waals surface area contributed by atoms with Crippen molar-refractivity contribution < 1.29 is 13.5 Å². The number of rotatable bonds is 3. The highest BCUT2D eigenvalue weighted by atomic mass is 19.1. The molecule has 0 atom stereocenters. The van der Waals surface area contributed by atoms with Gasteiger partial charge in [0.2, 0.25) is 5.95 Å². The molecule has 3 nitrogen and oxygen atoms in total. The Hall–Kier alpha value is -1.75. The van der Waals surface area contributed by atoms with Gasteiger partial charge < -0.3 is 4.74 Å². The van der Waals surface area contributed by atoms with Crippen molar-refractivity contribution in [3.63, 3.8) is 0 Å². The molecule has 0 unspecified atom stereocenters. The van der Waals surface area contributed by atoms with Crippen molar-refractivity contribution in [2.24, 2.45) is 0 Å². The first-order valence-electron chi connectivity index (χ1n) is 8.44. The Balaban J connectivity index is 1.81. The maximum atomic E-state index is 13.9. The molecule has 1 aromatic heterocycles. The lowest BCUT2D eigenvalue weighted by molar-refractivity contribution is 0.0496. The summed E-state index contributed by atoms with van der Waals surface area (Å²) in [6.07, 6.45) is 1.83. The molecule has 2 aromatic rings. The van der Waals surface area contributed by atoms with Gasteiger partial charge in [0, 0.05) is 35.6 Å². The predicted octanol–water partition coefficient (Wildman–Crippen LogP) is 4.49. The van der Waals surface area contributed by atoms with Crippen molar-refractivity contribution >= 4 is 10.9 Å². The zero-order chi connectivity index (χ0) is 17.3. The summed E-state index contributed by atoms with van der Waals surface area (Å²) < 4.78 is 33.1. The van der Waals surface area contributed by atoms with E-state index < -0.39 is 12.6 Å². The van der Waals surface area contributed by atoms with E-state index in [9.17, 15) is 8.78 Å². The lowest BCUT2D eigenvalue weighted by atomic mass is 9.99. The largest absolute Gasteiger partial charge is 0.489 e. The van der Waals surface area contributed by atoms with Crippen LogP contribution in [0.2, 0.25) is 0 Å². The summed E-state index contributed by atoms with van der Waals surface area (Å²) in [6, 6.07) is 6.49. The molecule has 3 rings (SSSR count). The summed E-state index contributed by atoms with van der Waals surface area (Å²) in [5, 5.41) is 0.671. The second-order valence-electron chi connectivity index (χ2n) is 7.37. The summed E-state index contributed by atoms with van der Waals surface area (Å²) >= 11 is 0. The molecule has 0 aliphatic carbocycles. The molecule has 1 saturated heterocycles. The Morgan fingerprint density at radius 2 is 1.96 bits per heavy atom. The van der Waals surface area contributed by atoms with E-state index in [-0.39, 0.29) is 11.6 Å². The van der Waals surface area contributed by atoms with Crippen LogP contribution in [0.3, 0.4) is 0 Å². The molecule has 2 heterocycles. The second-order valence-corrected chi connectivity index (χ2v) is 7.37. The van der Waals surface area contributed by atoms with Crippen LogP contribution >= 0.6 is 0 Å². The third kappa shape index (κ3) is 3.51. The van der Waals surface area contributed by atoms with Gasteiger partial charge in [-0.2, -0.15) is 4.39 Å². The molecule has 0 N–H and O–H groups in total. The van der Waals surface area contributed by atoms with Crippen molar-refractivity contribution in [3.05, 3.63) is 35.8 Å². The van der Waals surface area contributed by atoms with Gasteiger partial charge in [-0.05, 0) is 39.7 Å². The molecule has 24 heavy (non-hydrogen) atoms. The molecular weight excluding hydrogens is 310 g/mol. The van der Waals surface area contributed by atoms with Gasteiger partial charge in [-0.3, -0.25) is 4.90 Å². The maximum absolute atomic E-state index is 13.9. The number of alkyl halides is 1. The summed E-state index contributed by atoms with van der Waals surface area (Å²) in [7, 11) is 0. The van der Waals surface area contributed by atoms with E-state index in [4.69, 9.17) is 4.74 Å². The van der Waals surface area contributed by atoms with Crippen LogP contribution < -0.4 is 4.74 Å². The van der Waals surface area contributed by atoms with Crippen LogP contribution in [-0.4, -0.2) is 34.6 Å². The van der Waals surface area contributed by atoms with Crippen molar-refractivity contribution in [3.8, 4) is 5.75 Å². The Kier molecular flexibility index (Phi) is 4.72. The molecular formula is C19H24F2N2O. The number of hydrogen-bond acceptors (Lipinski definition) is 3. The van der Waals surface area contributed by atoms with E-state index >= 15 is 0 Å². The van der Waals surface area contributed by atoms with Gasteiger partial charge in [0.15, 0.2) is 0 Å². The SMILES string of the molecule is CC(C)(C)N1CCC(Oc2cc(F)nc3c(CF)cccc23)CC1. The molecule has 1 aliphatic heterocycles. The summed E-state index contributed by atoms with van der Waals surface area (Å²) in [5.41, 5.74) is 0.887. The first-order valence-corrected chi connectivity index (χ1v) is 8.44. The molecule has 1 aromatic carbocycles. The maximum Gasteiger partial charge on any atom is 0.217 e. The topological polar surface area (TPSA) is 25.4 Å². The van der Waals surface area contributed by atoms with E-state index in [0.29, 0.717) is 22.2 Å². The van der Waals surface area contributed by atoms with Crippen molar-refractivity contribution in [1.82, 2.24) is 9.88 Å². The number of benzene rings is 1. The van der Waals surface area contributed by atoms with Gasteiger partial charge in [0.1, 0.15) is 18.5 Å².